The van der Waals surface area contributed by atoms with E-state index >= 15 is 0 Å². The molecule has 1 aromatic rings. The van der Waals surface area contributed by atoms with E-state index in [0.29, 0.717) is 6.61 Å². The molecule has 0 saturated carbocycles. The normalized spacial score (nSPS) is 11.5. The molecule has 1 aromatic carbocycles. The zero-order chi connectivity index (χ0) is 12.0. The van der Waals surface area contributed by atoms with Crippen LogP contribution in [0.1, 0.15) is 25.5 Å². The first kappa shape index (κ1) is 13.1. The number of nitrogens with one attached hydrogen (secondary N) is 1. The maximum Gasteiger partial charge on any atom is 0.149 e. The van der Waals surface area contributed by atoms with Crippen molar-refractivity contribution in [2.24, 2.45) is 0 Å². The van der Waals surface area contributed by atoms with Crippen LogP contribution in [0.15, 0.2) is 22.7 Å². The highest BCUT2D eigenvalue weighted by Crippen LogP contribution is 2.28. The Morgan fingerprint density at radius 3 is 2.88 bits per heavy atom. The molecule has 1 atom stereocenters. The standard InChI is InChI=1S/C13H16BrNO/c1-4-5-8-16-13-9-11(14)6-7-12(13)10(2)15-3/h6-7,9-10,15H,8H2,1-3H3. The molecule has 0 aliphatic heterocycles. The number of ether oxygens (including phenoxy) is 1. The predicted octanol–water partition coefficient (Wildman–Crippen LogP) is 3.13. The third kappa shape index (κ3) is 3.55. The van der Waals surface area contributed by atoms with E-state index in [1.165, 1.54) is 0 Å². The van der Waals surface area contributed by atoms with Crippen molar-refractivity contribution in [2.45, 2.75) is 19.9 Å². The SMILES string of the molecule is CC#CCOc1cc(Br)ccc1C(C)NC. The summed E-state index contributed by atoms with van der Waals surface area (Å²) in [5.41, 5.74) is 1.14. The first-order valence-corrected chi connectivity index (χ1v) is 5.97. The molecule has 3 heteroatoms. The molecule has 0 radical (unpaired) electrons. The summed E-state index contributed by atoms with van der Waals surface area (Å²) >= 11 is 3.44. The van der Waals surface area contributed by atoms with Gasteiger partial charge in [-0.2, -0.15) is 0 Å². The molecular weight excluding hydrogens is 266 g/mol. The topological polar surface area (TPSA) is 21.3 Å². The molecule has 1 N–H and O–H groups in total. The Labute approximate surface area is 106 Å². The van der Waals surface area contributed by atoms with Crippen molar-refractivity contribution in [2.75, 3.05) is 13.7 Å². The van der Waals surface area contributed by atoms with Gasteiger partial charge in [0.15, 0.2) is 0 Å². The molecule has 16 heavy (non-hydrogen) atoms. The van der Waals surface area contributed by atoms with Crippen LogP contribution in [-0.4, -0.2) is 13.7 Å². The van der Waals surface area contributed by atoms with Crippen LogP contribution < -0.4 is 10.1 Å². The Morgan fingerprint density at radius 2 is 2.25 bits per heavy atom. The summed E-state index contributed by atoms with van der Waals surface area (Å²) in [6.45, 7) is 4.33. The Morgan fingerprint density at radius 1 is 1.50 bits per heavy atom. The lowest BCUT2D eigenvalue weighted by atomic mass is 10.1. The summed E-state index contributed by atoms with van der Waals surface area (Å²) < 4.78 is 6.65. The van der Waals surface area contributed by atoms with Crippen molar-refractivity contribution >= 4 is 15.9 Å². The fraction of sp³-hybridized carbons (Fsp3) is 0.385. The van der Waals surface area contributed by atoms with Crippen LogP contribution >= 0.6 is 15.9 Å². The average molecular weight is 282 g/mol. The highest BCUT2D eigenvalue weighted by molar-refractivity contribution is 9.10. The largest absolute Gasteiger partial charge is 0.481 e. The third-order valence-electron chi connectivity index (χ3n) is 2.35. The molecule has 0 spiro atoms. The van der Waals surface area contributed by atoms with Crippen LogP contribution in [0.5, 0.6) is 5.75 Å². The van der Waals surface area contributed by atoms with Gasteiger partial charge in [0.05, 0.1) is 0 Å². The van der Waals surface area contributed by atoms with Gasteiger partial charge in [0, 0.05) is 16.1 Å². The minimum atomic E-state index is 0.262. The van der Waals surface area contributed by atoms with E-state index in [9.17, 15) is 0 Å². The molecule has 0 aliphatic rings. The van der Waals surface area contributed by atoms with Crippen LogP contribution in [0.3, 0.4) is 0 Å². The molecule has 0 aliphatic carbocycles. The van der Waals surface area contributed by atoms with E-state index in [0.717, 1.165) is 15.8 Å². The van der Waals surface area contributed by atoms with Crippen LogP contribution in [0.2, 0.25) is 0 Å². The van der Waals surface area contributed by atoms with Gasteiger partial charge < -0.3 is 10.1 Å². The number of hydrogen-bond acceptors (Lipinski definition) is 2. The van der Waals surface area contributed by atoms with E-state index < -0.39 is 0 Å². The van der Waals surface area contributed by atoms with Crippen LogP contribution in [0.25, 0.3) is 0 Å². The molecule has 1 unspecified atom stereocenters. The molecule has 1 rings (SSSR count). The second kappa shape index (κ2) is 6.57. The molecule has 0 amide bonds. The van der Waals surface area contributed by atoms with Gasteiger partial charge in [0.1, 0.15) is 12.4 Å². The Hall–Kier alpha value is -0.980. The molecule has 0 saturated heterocycles. The second-order valence-corrected chi connectivity index (χ2v) is 4.32. The summed E-state index contributed by atoms with van der Waals surface area (Å²) in [5, 5.41) is 3.20. The number of halogens is 1. The quantitative estimate of drug-likeness (QED) is 0.857. The summed E-state index contributed by atoms with van der Waals surface area (Å²) in [7, 11) is 1.93. The first-order valence-electron chi connectivity index (χ1n) is 5.18. The Balaban J connectivity index is 2.92. The van der Waals surface area contributed by atoms with Crippen molar-refractivity contribution in [1.82, 2.24) is 5.32 Å². The van der Waals surface area contributed by atoms with Gasteiger partial charge in [-0.05, 0) is 33.0 Å². The van der Waals surface area contributed by atoms with E-state index in [1.807, 2.05) is 19.2 Å². The smallest absolute Gasteiger partial charge is 0.149 e. The van der Waals surface area contributed by atoms with Crippen molar-refractivity contribution < 1.29 is 4.74 Å². The lowest BCUT2D eigenvalue weighted by Crippen LogP contribution is -2.13. The second-order valence-electron chi connectivity index (χ2n) is 3.41. The van der Waals surface area contributed by atoms with Gasteiger partial charge >= 0.3 is 0 Å². The van der Waals surface area contributed by atoms with Gasteiger partial charge in [-0.1, -0.05) is 27.9 Å². The minimum Gasteiger partial charge on any atom is -0.481 e. The lowest BCUT2D eigenvalue weighted by molar-refractivity contribution is 0.361. The summed E-state index contributed by atoms with van der Waals surface area (Å²) in [5.74, 6) is 6.58. The zero-order valence-electron chi connectivity index (χ0n) is 9.80. The van der Waals surface area contributed by atoms with E-state index in [-0.39, 0.29) is 6.04 Å². The van der Waals surface area contributed by atoms with Crippen molar-refractivity contribution in [1.29, 1.82) is 0 Å². The average Bonchev–Trinajstić information content (AvgIpc) is 2.29. The molecule has 0 aromatic heterocycles. The molecule has 0 heterocycles. The molecule has 2 nitrogen and oxygen atoms in total. The molecule has 0 bridgehead atoms. The maximum absolute atomic E-state index is 5.64. The van der Waals surface area contributed by atoms with Gasteiger partial charge in [0.2, 0.25) is 0 Å². The molecular formula is C13H16BrNO. The first-order chi connectivity index (χ1) is 7.69. The highest BCUT2D eigenvalue weighted by Gasteiger charge is 2.10. The summed E-state index contributed by atoms with van der Waals surface area (Å²) in [6, 6.07) is 6.31. The van der Waals surface area contributed by atoms with Gasteiger partial charge in [-0.3, -0.25) is 0 Å². The highest BCUT2D eigenvalue weighted by atomic mass is 79.9. The Kier molecular flexibility index (Phi) is 5.37. The molecule has 86 valence electrons. The summed E-state index contributed by atoms with van der Waals surface area (Å²) in [6.07, 6.45) is 0. The summed E-state index contributed by atoms with van der Waals surface area (Å²) in [4.78, 5) is 0. The number of hydrogen-bond donors (Lipinski definition) is 1. The van der Waals surface area contributed by atoms with E-state index in [2.05, 4.69) is 46.1 Å². The van der Waals surface area contributed by atoms with E-state index in [1.54, 1.807) is 6.92 Å². The number of rotatable bonds is 4. The minimum absolute atomic E-state index is 0.262. The van der Waals surface area contributed by atoms with Crippen LogP contribution in [0.4, 0.5) is 0 Å². The third-order valence-corrected chi connectivity index (χ3v) is 2.84. The Bertz CT molecular complexity index is 406. The van der Waals surface area contributed by atoms with Crippen molar-refractivity contribution in [3.05, 3.63) is 28.2 Å². The predicted molar refractivity (Wildman–Crippen MR) is 70.6 cm³/mol. The maximum atomic E-state index is 5.64. The van der Waals surface area contributed by atoms with Crippen LogP contribution in [-0.2, 0) is 0 Å². The number of benzene rings is 1. The molecule has 0 fully saturated rings. The van der Waals surface area contributed by atoms with Gasteiger partial charge in [-0.15, -0.1) is 5.92 Å². The monoisotopic (exact) mass is 281 g/mol. The fourth-order valence-corrected chi connectivity index (χ4v) is 1.67. The van der Waals surface area contributed by atoms with Gasteiger partial charge in [0.25, 0.3) is 0 Å². The van der Waals surface area contributed by atoms with Gasteiger partial charge in [-0.25, -0.2) is 0 Å². The van der Waals surface area contributed by atoms with Crippen molar-refractivity contribution in [3.63, 3.8) is 0 Å². The van der Waals surface area contributed by atoms with Crippen molar-refractivity contribution in [3.8, 4) is 17.6 Å². The fourth-order valence-electron chi connectivity index (χ4n) is 1.33. The lowest BCUT2D eigenvalue weighted by Gasteiger charge is -2.15. The van der Waals surface area contributed by atoms with Crippen LogP contribution in [0, 0.1) is 11.8 Å². The van der Waals surface area contributed by atoms with E-state index in [4.69, 9.17) is 4.74 Å². The zero-order valence-corrected chi connectivity index (χ0v) is 11.4.